The molecule has 0 radical (unpaired) electrons. The second kappa shape index (κ2) is 5.71. The van der Waals surface area contributed by atoms with E-state index in [1.165, 1.54) is 11.9 Å². The lowest BCUT2D eigenvalue weighted by atomic mass is 10.1. The van der Waals surface area contributed by atoms with Crippen molar-refractivity contribution in [2.75, 3.05) is 13.6 Å². The van der Waals surface area contributed by atoms with E-state index in [1.54, 1.807) is 0 Å². The Kier molecular flexibility index (Phi) is 4.03. The summed E-state index contributed by atoms with van der Waals surface area (Å²) in [5, 5.41) is 11.9. The van der Waals surface area contributed by atoms with Gasteiger partial charge in [-0.05, 0) is 30.6 Å². The van der Waals surface area contributed by atoms with Gasteiger partial charge in [0.15, 0.2) is 0 Å². The maximum atomic E-state index is 12.0. The van der Waals surface area contributed by atoms with Crippen LogP contribution in [0.3, 0.4) is 0 Å². The van der Waals surface area contributed by atoms with E-state index in [0.29, 0.717) is 4.91 Å². The molecule has 4 nitrogen and oxygen atoms in total. The van der Waals surface area contributed by atoms with Crippen LogP contribution in [0, 0.1) is 11.3 Å². The van der Waals surface area contributed by atoms with E-state index >= 15 is 0 Å². The highest BCUT2D eigenvalue weighted by molar-refractivity contribution is 8.02. The Balaban J connectivity index is 2.04. The third kappa shape index (κ3) is 2.92. The number of hydrogen-bond donors (Lipinski definition) is 1. The van der Waals surface area contributed by atoms with E-state index in [-0.39, 0.29) is 5.91 Å². The molecule has 1 amide bonds. The number of nitrogens with one attached hydrogen (secondary N) is 1. The van der Waals surface area contributed by atoms with Crippen LogP contribution >= 0.6 is 11.9 Å². The SMILES string of the molecule is CN1CC=C(C(=O)NC(C#N)c2ccccc2)S1. The van der Waals surface area contributed by atoms with Crippen LogP contribution in [0.2, 0.25) is 0 Å². The van der Waals surface area contributed by atoms with Crippen LogP contribution in [0.5, 0.6) is 0 Å². The Morgan fingerprint density at radius 3 is 2.78 bits per heavy atom. The second-order valence-electron chi connectivity index (χ2n) is 3.92. The van der Waals surface area contributed by atoms with Crippen molar-refractivity contribution in [1.29, 1.82) is 5.26 Å². The van der Waals surface area contributed by atoms with Gasteiger partial charge in [0.1, 0.15) is 6.04 Å². The molecule has 18 heavy (non-hydrogen) atoms. The summed E-state index contributed by atoms with van der Waals surface area (Å²) in [5.41, 5.74) is 0.797. The molecule has 1 aliphatic rings. The molecule has 0 bridgehead atoms. The zero-order valence-electron chi connectivity index (χ0n) is 9.96. The largest absolute Gasteiger partial charge is 0.332 e. The van der Waals surface area contributed by atoms with Gasteiger partial charge >= 0.3 is 0 Å². The van der Waals surface area contributed by atoms with Gasteiger partial charge in [-0.3, -0.25) is 4.79 Å². The van der Waals surface area contributed by atoms with Crippen LogP contribution in [-0.4, -0.2) is 23.8 Å². The maximum absolute atomic E-state index is 12.0. The van der Waals surface area contributed by atoms with Crippen molar-refractivity contribution >= 4 is 17.9 Å². The van der Waals surface area contributed by atoms with Gasteiger partial charge in [-0.25, -0.2) is 4.31 Å². The fourth-order valence-corrected chi connectivity index (χ4v) is 2.40. The molecule has 5 heteroatoms. The zero-order valence-corrected chi connectivity index (χ0v) is 10.8. The lowest BCUT2D eigenvalue weighted by Crippen LogP contribution is -2.28. The molecule has 0 aromatic heterocycles. The molecule has 1 unspecified atom stereocenters. The first-order chi connectivity index (χ1) is 8.70. The predicted octanol–water partition coefficient (Wildman–Crippen LogP) is 1.84. The predicted molar refractivity (Wildman–Crippen MR) is 71.2 cm³/mol. The molecule has 1 N–H and O–H groups in total. The van der Waals surface area contributed by atoms with Crippen LogP contribution in [0.4, 0.5) is 0 Å². The first-order valence-corrected chi connectivity index (χ1v) is 6.32. The quantitative estimate of drug-likeness (QED) is 0.842. The van der Waals surface area contributed by atoms with Crippen LogP contribution in [0.1, 0.15) is 11.6 Å². The lowest BCUT2D eigenvalue weighted by Gasteiger charge is -2.12. The summed E-state index contributed by atoms with van der Waals surface area (Å²) >= 11 is 1.39. The number of carbonyl (C=O) groups excluding carboxylic acids is 1. The smallest absolute Gasteiger partial charge is 0.260 e. The van der Waals surface area contributed by atoms with Crippen LogP contribution in [0.15, 0.2) is 41.3 Å². The highest BCUT2D eigenvalue weighted by Gasteiger charge is 2.21. The van der Waals surface area contributed by atoms with Crippen LogP contribution < -0.4 is 5.32 Å². The molecule has 0 fully saturated rings. The Labute approximate surface area is 110 Å². The number of nitriles is 1. The van der Waals surface area contributed by atoms with E-state index in [9.17, 15) is 4.79 Å². The molecular weight excluding hydrogens is 246 g/mol. The van der Waals surface area contributed by atoms with Crippen molar-refractivity contribution in [2.45, 2.75) is 6.04 Å². The molecular formula is C13H13N3OS. The van der Waals surface area contributed by atoms with Crippen molar-refractivity contribution in [3.8, 4) is 6.07 Å². The molecule has 1 heterocycles. The van der Waals surface area contributed by atoms with Crippen molar-refractivity contribution in [3.05, 3.63) is 46.9 Å². The minimum atomic E-state index is -0.605. The second-order valence-corrected chi connectivity index (χ2v) is 5.16. The first kappa shape index (κ1) is 12.7. The number of hydrogen-bond acceptors (Lipinski definition) is 4. The fourth-order valence-electron chi connectivity index (χ4n) is 1.63. The van der Waals surface area contributed by atoms with Gasteiger partial charge in [0.2, 0.25) is 0 Å². The van der Waals surface area contributed by atoms with Gasteiger partial charge in [0, 0.05) is 6.54 Å². The Bertz CT molecular complexity index is 507. The number of rotatable bonds is 3. The van der Waals surface area contributed by atoms with Crippen LogP contribution in [0.25, 0.3) is 0 Å². The molecule has 1 aromatic carbocycles. The minimum absolute atomic E-state index is 0.195. The summed E-state index contributed by atoms with van der Waals surface area (Å²) in [6.07, 6.45) is 1.86. The number of likely N-dealkylation sites (N-methyl/N-ethyl adjacent to an activating group) is 1. The van der Waals surface area contributed by atoms with Gasteiger partial charge < -0.3 is 5.32 Å². The van der Waals surface area contributed by atoms with Gasteiger partial charge in [-0.2, -0.15) is 5.26 Å². The monoisotopic (exact) mass is 259 g/mol. The minimum Gasteiger partial charge on any atom is -0.332 e. The molecule has 1 aliphatic heterocycles. The van der Waals surface area contributed by atoms with Gasteiger partial charge in [-0.1, -0.05) is 30.3 Å². The Hall–Kier alpha value is -1.77. The third-order valence-electron chi connectivity index (χ3n) is 2.55. The zero-order chi connectivity index (χ0) is 13.0. The summed E-state index contributed by atoms with van der Waals surface area (Å²) in [5.74, 6) is -0.195. The molecule has 0 saturated carbocycles. The van der Waals surface area contributed by atoms with Gasteiger partial charge in [-0.15, -0.1) is 0 Å². The molecule has 0 spiro atoms. The number of nitrogens with zero attached hydrogens (tertiary/aromatic N) is 2. The average Bonchev–Trinajstić information content (AvgIpc) is 2.83. The molecule has 0 aliphatic carbocycles. The maximum Gasteiger partial charge on any atom is 0.260 e. The van der Waals surface area contributed by atoms with E-state index in [0.717, 1.165) is 12.1 Å². The van der Waals surface area contributed by atoms with E-state index in [1.807, 2.05) is 47.8 Å². The van der Waals surface area contributed by atoms with Gasteiger partial charge in [0.25, 0.3) is 5.91 Å². The molecule has 92 valence electrons. The van der Waals surface area contributed by atoms with E-state index in [4.69, 9.17) is 5.26 Å². The third-order valence-corrected chi connectivity index (χ3v) is 3.56. The normalized spacial score (nSPS) is 16.8. The molecule has 1 atom stereocenters. The average molecular weight is 259 g/mol. The fraction of sp³-hybridized carbons (Fsp3) is 0.231. The number of benzene rings is 1. The van der Waals surface area contributed by atoms with E-state index < -0.39 is 6.04 Å². The Morgan fingerprint density at radius 1 is 1.50 bits per heavy atom. The highest BCUT2D eigenvalue weighted by atomic mass is 32.2. The molecule has 2 rings (SSSR count). The standard InChI is InChI=1S/C13H13N3OS/c1-16-8-7-12(18-16)13(17)15-11(9-14)10-5-3-2-4-6-10/h2-7,11H,8H2,1H3,(H,15,17). The van der Waals surface area contributed by atoms with Crippen molar-refractivity contribution < 1.29 is 4.79 Å². The van der Waals surface area contributed by atoms with Gasteiger partial charge in [0.05, 0.1) is 11.0 Å². The first-order valence-electron chi connectivity index (χ1n) is 5.55. The van der Waals surface area contributed by atoms with Crippen molar-refractivity contribution in [2.24, 2.45) is 0 Å². The summed E-state index contributed by atoms with van der Waals surface area (Å²) in [6, 6.07) is 10.7. The van der Waals surface area contributed by atoms with Crippen molar-refractivity contribution in [1.82, 2.24) is 9.62 Å². The van der Waals surface area contributed by atoms with E-state index in [2.05, 4.69) is 11.4 Å². The summed E-state index contributed by atoms with van der Waals surface area (Å²) in [6.45, 7) is 0.746. The highest BCUT2D eigenvalue weighted by Crippen LogP contribution is 2.26. The lowest BCUT2D eigenvalue weighted by molar-refractivity contribution is -0.117. The summed E-state index contributed by atoms with van der Waals surface area (Å²) < 4.78 is 1.96. The molecule has 0 saturated heterocycles. The van der Waals surface area contributed by atoms with Crippen molar-refractivity contribution in [3.63, 3.8) is 0 Å². The topological polar surface area (TPSA) is 56.1 Å². The summed E-state index contributed by atoms with van der Waals surface area (Å²) in [7, 11) is 1.92. The number of amides is 1. The number of carbonyl (C=O) groups is 1. The van der Waals surface area contributed by atoms with Crippen LogP contribution in [-0.2, 0) is 4.79 Å². The molecule has 1 aromatic rings. The summed E-state index contributed by atoms with van der Waals surface area (Å²) in [4.78, 5) is 12.6. The Morgan fingerprint density at radius 2 is 2.22 bits per heavy atom.